The lowest BCUT2D eigenvalue weighted by Crippen LogP contribution is -2.50. The van der Waals surface area contributed by atoms with Crippen LogP contribution in [-0.2, 0) is 11.3 Å². The van der Waals surface area contributed by atoms with Crippen LogP contribution in [0.3, 0.4) is 0 Å². The first kappa shape index (κ1) is 17.0. The van der Waals surface area contributed by atoms with Gasteiger partial charge in [0.15, 0.2) is 0 Å². The van der Waals surface area contributed by atoms with Crippen molar-refractivity contribution in [1.82, 2.24) is 5.32 Å². The highest BCUT2D eigenvalue weighted by Crippen LogP contribution is 2.32. The molecule has 1 aliphatic rings. The summed E-state index contributed by atoms with van der Waals surface area (Å²) < 4.78 is 7.54. The second-order valence-corrected chi connectivity index (χ2v) is 8.18. The summed E-state index contributed by atoms with van der Waals surface area (Å²) in [6.07, 6.45) is 6.25. The Morgan fingerprint density at radius 1 is 1.19 bits per heavy atom. The van der Waals surface area contributed by atoms with Crippen molar-refractivity contribution in [3.05, 3.63) is 34.3 Å². The number of hydrogen-bond donors (Lipinski definition) is 1. The predicted molar refractivity (Wildman–Crippen MR) is 92.5 cm³/mol. The molecule has 2 nitrogen and oxygen atoms in total. The third kappa shape index (κ3) is 5.72. The summed E-state index contributed by atoms with van der Waals surface area (Å²) in [4.78, 5) is 0. The molecule has 2 rings (SSSR count). The molecule has 0 heterocycles. The van der Waals surface area contributed by atoms with Gasteiger partial charge in [0.05, 0.1) is 12.2 Å². The molecule has 0 spiro atoms. The highest BCUT2D eigenvalue weighted by atomic mass is 79.9. The molecular weight excluding hydrogens is 326 g/mol. The zero-order chi connectivity index (χ0) is 15.3. The Labute approximate surface area is 137 Å². The van der Waals surface area contributed by atoms with Crippen LogP contribution in [0.2, 0.25) is 0 Å². The maximum absolute atomic E-state index is 6.42. The Bertz CT molecular complexity index is 447. The Hall–Kier alpha value is -0.380. The van der Waals surface area contributed by atoms with Gasteiger partial charge in [0.2, 0.25) is 0 Å². The van der Waals surface area contributed by atoms with E-state index < -0.39 is 0 Å². The van der Waals surface area contributed by atoms with E-state index in [4.69, 9.17) is 4.74 Å². The van der Waals surface area contributed by atoms with Gasteiger partial charge in [-0.05, 0) is 51.3 Å². The molecule has 118 valence electrons. The highest BCUT2D eigenvalue weighted by molar-refractivity contribution is 9.10. The largest absolute Gasteiger partial charge is 0.369 e. The lowest BCUT2D eigenvalue weighted by molar-refractivity contribution is -0.0812. The molecule has 0 radical (unpaired) electrons. The van der Waals surface area contributed by atoms with E-state index in [2.05, 4.69) is 66.3 Å². The van der Waals surface area contributed by atoms with E-state index in [-0.39, 0.29) is 11.1 Å². The highest BCUT2D eigenvalue weighted by Gasteiger charge is 2.33. The smallest absolute Gasteiger partial charge is 0.0811 e. The van der Waals surface area contributed by atoms with E-state index >= 15 is 0 Å². The number of rotatable bonds is 5. The first-order chi connectivity index (χ1) is 9.89. The van der Waals surface area contributed by atoms with E-state index in [1.165, 1.54) is 37.7 Å². The summed E-state index contributed by atoms with van der Waals surface area (Å²) >= 11 is 3.53. The van der Waals surface area contributed by atoms with Gasteiger partial charge in [0.1, 0.15) is 0 Å². The molecule has 0 aromatic heterocycles. The summed E-state index contributed by atoms with van der Waals surface area (Å²) in [5.74, 6) is 0. The van der Waals surface area contributed by atoms with Gasteiger partial charge in [-0.25, -0.2) is 0 Å². The van der Waals surface area contributed by atoms with E-state index in [1.807, 2.05) is 0 Å². The molecular formula is C18H28BrNO. The predicted octanol–water partition coefficient (Wildman–Crippen LogP) is 5.06. The third-order valence-electron chi connectivity index (χ3n) is 4.14. The minimum atomic E-state index is 0.00779. The van der Waals surface area contributed by atoms with E-state index in [0.717, 1.165) is 11.0 Å². The van der Waals surface area contributed by atoms with Crippen LogP contribution in [0.25, 0.3) is 0 Å². The Balaban J connectivity index is 1.98. The summed E-state index contributed by atoms with van der Waals surface area (Å²) in [5.41, 5.74) is 1.39. The molecule has 21 heavy (non-hydrogen) atoms. The second kappa shape index (κ2) is 7.26. The molecule has 0 aliphatic heterocycles. The normalized spacial score (nSPS) is 18.7. The van der Waals surface area contributed by atoms with Crippen molar-refractivity contribution < 1.29 is 4.74 Å². The topological polar surface area (TPSA) is 21.3 Å². The molecule has 0 saturated heterocycles. The third-order valence-corrected chi connectivity index (χ3v) is 4.63. The van der Waals surface area contributed by atoms with Gasteiger partial charge in [-0.15, -0.1) is 0 Å². The van der Waals surface area contributed by atoms with Gasteiger partial charge in [-0.3, -0.25) is 0 Å². The number of benzene rings is 1. The second-order valence-electron chi connectivity index (χ2n) is 7.27. The van der Waals surface area contributed by atoms with Gasteiger partial charge in [0.25, 0.3) is 0 Å². The van der Waals surface area contributed by atoms with Crippen LogP contribution in [0.1, 0.15) is 58.4 Å². The van der Waals surface area contributed by atoms with Crippen molar-refractivity contribution in [2.75, 3.05) is 6.54 Å². The quantitative estimate of drug-likeness (QED) is 0.798. The molecule has 1 saturated carbocycles. The average molecular weight is 354 g/mol. The van der Waals surface area contributed by atoms with E-state index in [0.29, 0.717) is 6.61 Å². The van der Waals surface area contributed by atoms with E-state index in [1.54, 1.807) is 0 Å². The number of ether oxygens (including phenoxy) is 1. The van der Waals surface area contributed by atoms with E-state index in [9.17, 15) is 0 Å². The maximum atomic E-state index is 6.42. The summed E-state index contributed by atoms with van der Waals surface area (Å²) in [5, 5.41) is 3.65. The molecule has 1 aliphatic carbocycles. The maximum Gasteiger partial charge on any atom is 0.0811 e. The van der Waals surface area contributed by atoms with Crippen LogP contribution >= 0.6 is 15.9 Å². The van der Waals surface area contributed by atoms with Gasteiger partial charge < -0.3 is 10.1 Å². The van der Waals surface area contributed by atoms with Crippen molar-refractivity contribution >= 4 is 15.9 Å². The van der Waals surface area contributed by atoms with Crippen molar-refractivity contribution in [2.24, 2.45) is 0 Å². The van der Waals surface area contributed by atoms with Crippen LogP contribution in [-0.4, -0.2) is 17.7 Å². The zero-order valence-corrected chi connectivity index (χ0v) is 15.1. The van der Waals surface area contributed by atoms with Crippen molar-refractivity contribution in [3.63, 3.8) is 0 Å². The minimum absolute atomic E-state index is 0.00779. The molecule has 1 aromatic carbocycles. The summed E-state index contributed by atoms with van der Waals surface area (Å²) in [6, 6.07) is 8.41. The van der Waals surface area contributed by atoms with Crippen LogP contribution in [0, 0.1) is 0 Å². The first-order valence-corrected chi connectivity index (χ1v) is 8.81. The zero-order valence-electron chi connectivity index (χ0n) is 13.5. The SMILES string of the molecule is CC(C)(C)NCC1(OCc2cccc(Br)c2)CCCCC1. The van der Waals surface area contributed by atoms with Gasteiger partial charge in [0, 0.05) is 16.6 Å². The van der Waals surface area contributed by atoms with Crippen LogP contribution in [0.5, 0.6) is 0 Å². The number of hydrogen-bond acceptors (Lipinski definition) is 2. The fourth-order valence-electron chi connectivity index (χ4n) is 2.86. The molecule has 0 amide bonds. The average Bonchev–Trinajstić information content (AvgIpc) is 2.44. The monoisotopic (exact) mass is 353 g/mol. The fourth-order valence-corrected chi connectivity index (χ4v) is 3.30. The number of nitrogens with one attached hydrogen (secondary N) is 1. The van der Waals surface area contributed by atoms with Crippen molar-refractivity contribution in [2.45, 2.75) is 70.6 Å². The molecule has 0 atom stereocenters. The minimum Gasteiger partial charge on any atom is -0.369 e. The number of halogens is 1. The Morgan fingerprint density at radius 3 is 2.52 bits per heavy atom. The lowest BCUT2D eigenvalue weighted by Gasteiger charge is -2.39. The molecule has 3 heteroatoms. The van der Waals surface area contributed by atoms with Crippen molar-refractivity contribution in [3.8, 4) is 0 Å². The van der Waals surface area contributed by atoms with Gasteiger partial charge in [-0.2, -0.15) is 0 Å². The standard InChI is InChI=1S/C18H28BrNO/c1-17(2,3)20-14-18(10-5-4-6-11-18)21-13-15-8-7-9-16(19)12-15/h7-9,12,20H,4-6,10-11,13-14H2,1-3H3. The summed E-state index contributed by atoms with van der Waals surface area (Å²) in [6.45, 7) is 8.31. The first-order valence-electron chi connectivity index (χ1n) is 8.02. The van der Waals surface area contributed by atoms with Crippen LogP contribution < -0.4 is 5.32 Å². The Kier molecular flexibility index (Phi) is 5.87. The Morgan fingerprint density at radius 2 is 1.90 bits per heavy atom. The van der Waals surface area contributed by atoms with Crippen LogP contribution in [0.4, 0.5) is 0 Å². The lowest BCUT2D eigenvalue weighted by atomic mass is 9.84. The van der Waals surface area contributed by atoms with Crippen LogP contribution in [0.15, 0.2) is 28.7 Å². The summed E-state index contributed by atoms with van der Waals surface area (Å²) in [7, 11) is 0. The van der Waals surface area contributed by atoms with Gasteiger partial charge in [-0.1, -0.05) is 47.3 Å². The molecule has 0 unspecified atom stereocenters. The molecule has 1 aromatic rings. The molecule has 1 N–H and O–H groups in total. The molecule has 0 bridgehead atoms. The van der Waals surface area contributed by atoms with Crippen molar-refractivity contribution in [1.29, 1.82) is 0 Å². The van der Waals surface area contributed by atoms with Gasteiger partial charge >= 0.3 is 0 Å². The fraction of sp³-hybridized carbons (Fsp3) is 0.667. The molecule has 1 fully saturated rings.